The molecule has 9 aromatic rings. The van der Waals surface area contributed by atoms with Crippen LogP contribution in [0.5, 0.6) is 0 Å². The van der Waals surface area contributed by atoms with E-state index in [2.05, 4.69) is 210 Å². The van der Waals surface area contributed by atoms with Crippen molar-refractivity contribution in [1.82, 2.24) is 9.55 Å². The van der Waals surface area contributed by atoms with E-state index < -0.39 is 0 Å². The first-order chi connectivity index (χ1) is 25.8. The average molecular weight is 664 g/mol. The number of nitrogens with zero attached hydrogens (tertiary/aromatic N) is 3. The van der Waals surface area contributed by atoms with Crippen molar-refractivity contribution in [3.8, 4) is 61.6 Å². The zero-order valence-corrected chi connectivity index (χ0v) is 28.4. The number of aromatic nitrogens is 2. The van der Waals surface area contributed by atoms with Crippen LogP contribution in [0.25, 0.3) is 72.6 Å². The summed E-state index contributed by atoms with van der Waals surface area (Å²) >= 11 is 0. The molecule has 0 saturated heterocycles. The summed E-state index contributed by atoms with van der Waals surface area (Å²) in [4.78, 5) is 7.55. The maximum absolute atomic E-state index is 5.24. The Labute approximate surface area is 303 Å². The zero-order chi connectivity index (χ0) is 34.4. The van der Waals surface area contributed by atoms with Crippen LogP contribution in [0.15, 0.2) is 200 Å². The van der Waals surface area contributed by atoms with Gasteiger partial charge in [0.05, 0.1) is 16.7 Å². The van der Waals surface area contributed by atoms with Gasteiger partial charge in [-0.1, -0.05) is 152 Å². The number of rotatable bonds is 6. The van der Waals surface area contributed by atoms with Crippen LogP contribution in [-0.4, -0.2) is 9.55 Å². The predicted molar refractivity (Wildman–Crippen MR) is 216 cm³/mol. The van der Waals surface area contributed by atoms with Crippen molar-refractivity contribution < 1.29 is 0 Å². The lowest BCUT2D eigenvalue weighted by atomic mass is 9.94. The van der Waals surface area contributed by atoms with Crippen LogP contribution in [-0.2, 0) is 0 Å². The Hall–Kier alpha value is -6.97. The van der Waals surface area contributed by atoms with E-state index in [4.69, 9.17) is 4.98 Å². The first-order valence-electron chi connectivity index (χ1n) is 17.7. The van der Waals surface area contributed by atoms with Gasteiger partial charge in [0.1, 0.15) is 5.82 Å². The molecule has 0 N–H and O–H groups in total. The largest absolute Gasteiger partial charge is 0.311 e. The molecule has 3 heteroatoms. The minimum Gasteiger partial charge on any atom is -0.311 e. The van der Waals surface area contributed by atoms with Crippen molar-refractivity contribution >= 4 is 28.1 Å². The molecule has 0 amide bonds. The second-order valence-corrected chi connectivity index (χ2v) is 13.2. The highest BCUT2D eigenvalue weighted by molar-refractivity contribution is 6.03. The molecule has 0 atom stereocenters. The topological polar surface area (TPSA) is 21.1 Å². The van der Waals surface area contributed by atoms with Gasteiger partial charge in [-0.15, -0.1) is 0 Å². The lowest BCUT2D eigenvalue weighted by Gasteiger charge is -2.26. The molecule has 0 saturated carbocycles. The molecule has 0 spiro atoms. The lowest BCUT2D eigenvalue weighted by molar-refractivity contribution is 1.11. The molecule has 1 aliphatic heterocycles. The first-order valence-corrected chi connectivity index (χ1v) is 17.7. The van der Waals surface area contributed by atoms with E-state index in [9.17, 15) is 0 Å². The number of hydrogen-bond acceptors (Lipinski definition) is 2. The Kier molecular flexibility index (Phi) is 7.14. The minimum absolute atomic E-state index is 0.946. The monoisotopic (exact) mass is 663 g/mol. The molecule has 3 nitrogen and oxygen atoms in total. The van der Waals surface area contributed by atoms with E-state index in [1.165, 1.54) is 33.4 Å². The van der Waals surface area contributed by atoms with Crippen LogP contribution in [0.4, 0.5) is 17.1 Å². The zero-order valence-electron chi connectivity index (χ0n) is 28.4. The van der Waals surface area contributed by atoms with Crippen LogP contribution >= 0.6 is 0 Å². The fourth-order valence-corrected chi connectivity index (χ4v) is 7.69. The predicted octanol–water partition coefficient (Wildman–Crippen LogP) is 13.1. The van der Waals surface area contributed by atoms with Crippen molar-refractivity contribution in [2.24, 2.45) is 0 Å². The molecule has 2 heterocycles. The van der Waals surface area contributed by atoms with Gasteiger partial charge in [-0.05, 0) is 81.9 Å². The maximum atomic E-state index is 5.24. The van der Waals surface area contributed by atoms with Crippen molar-refractivity contribution in [3.63, 3.8) is 0 Å². The van der Waals surface area contributed by atoms with Gasteiger partial charge in [0.25, 0.3) is 0 Å². The molecule has 1 aromatic heterocycles. The summed E-state index contributed by atoms with van der Waals surface area (Å²) in [7, 11) is 0. The number of benzene rings is 8. The Morgan fingerprint density at radius 2 is 0.769 bits per heavy atom. The fraction of sp³-hybridized carbons (Fsp3) is 0. The van der Waals surface area contributed by atoms with Gasteiger partial charge in [-0.2, -0.15) is 0 Å². The summed E-state index contributed by atoms with van der Waals surface area (Å²) in [6.07, 6.45) is 0. The minimum atomic E-state index is 0.946. The smallest absolute Gasteiger partial charge is 0.145 e. The number of imidazole rings is 1. The Morgan fingerprint density at radius 3 is 1.40 bits per heavy atom. The fourth-order valence-electron chi connectivity index (χ4n) is 7.69. The summed E-state index contributed by atoms with van der Waals surface area (Å²) in [5, 5.41) is 0. The molecule has 0 unspecified atom stereocenters. The van der Waals surface area contributed by atoms with Crippen molar-refractivity contribution in [3.05, 3.63) is 200 Å². The molecule has 0 aliphatic carbocycles. The SMILES string of the molecule is c1ccc(-c2ccc(N(c3ccccc3)c3ccc(-c4ccc(-c5nc6cccc7c6n5-c5ccccc5-c5ccccc5-7)cc4)cc3)cc2)cc1. The molecule has 0 radical (unpaired) electrons. The number of anilines is 3. The Morgan fingerprint density at radius 1 is 0.327 bits per heavy atom. The summed E-state index contributed by atoms with van der Waals surface area (Å²) in [5.41, 5.74) is 17.3. The third kappa shape index (κ3) is 5.02. The summed E-state index contributed by atoms with van der Waals surface area (Å²) in [6.45, 7) is 0. The molecule has 1 aliphatic rings. The van der Waals surface area contributed by atoms with Gasteiger partial charge in [0.15, 0.2) is 0 Å². The molecule has 244 valence electrons. The molecule has 0 fully saturated rings. The number of para-hydroxylation sites is 3. The quantitative estimate of drug-likeness (QED) is 0.177. The number of hydrogen-bond donors (Lipinski definition) is 0. The van der Waals surface area contributed by atoms with Crippen LogP contribution in [0.1, 0.15) is 0 Å². The molecular weight excluding hydrogens is 631 g/mol. The average Bonchev–Trinajstić information content (AvgIpc) is 3.57. The summed E-state index contributed by atoms with van der Waals surface area (Å²) < 4.78 is 2.36. The molecule has 52 heavy (non-hydrogen) atoms. The first kappa shape index (κ1) is 29.9. The van der Waals surface area contributed by atoms with E-state index in [1.807, 2.05) is 0 Å². The third-order valence-corrected chi connectivity index (χ3v) is 10.2. The van der Waals surface area contributed by atoms with E-state index in [1.54, 1.807) is 0 Å². The van der Waals surface area contributed by atoms with Gasteiger partial charge in [0.2, 0.25) is 0 Å². The third-order valence-electron chi connectivity index (χ3n) is 10.2. The van der Waals surface area contributed by atoms with Gasteiger partial charge in [0, 0.05) is 33.8 Å². The highest BCUT2D eigenvalue weighted by Gasteiger charge is 2.25. The van der Waals surface area contributed by atoms with E-state index in [0.29, 0.717) is 0 Å². The molecule has 0 bridgehead atoms. The molecular formula is C49H33N3. The van der Waals surface area contributed by atoms with E-state index >= 15 is 0 Å². The van der Waals surface area contributed by atoms with Crippen LogP contribution in [0.3, 0.4) is 0 Å². The highest BCUT2D eigenvalue weighted by atomic mass is 15.1. The van der Waals surface area contributed by atoms with Crippen molar-refractivity contribution in [1.29, 1.82) is 0 Å². The second-order valence-electron chi connectivity index (χ2n) is 13.2. The lowest BCUT2D eigenvalue weighted by Crippen LogP contribution is -2.09. The highest BCUT2D eigenvalue weighted by Crippen LogP contribution is 2.45. The summed E-state index contributed by atoms with van der Waals surface area (Å²) in [6, 6.07) is 71.5. The Bertz CT molecular complexity index is 2690. The maximum Gasteiger partial charge on any atom is 0.145 e. The van der Waals surface area contributed by atoms with E-state index in [-0.39, 0.29) is 0 Å². The second kappa shape index (κ2) is 12.4. The van der Waals surface area contributed by atoms with Gasteiger partial charge in [-0.3, -0.25) is 4.57 Å². The summed E-state index contributed by atoms with van der Waals surface area (Å²) in [5.74, 6) is 0.946. The number of fused-ring (bicyclic) bond motifs is 5. The van der Waals surface area contributed by atoms with Gasteiger partial charge in [-0.25, -0.2) is 4.98 Å². The molecule has 8 aromatic carbocycles. The van der Waals surface area contributed by atoms with Gasteiger partial charge < -0.3 is 4.90 Å². The van der Waals surface area contributed by atoms with E-state index in [0.717, 1.165) is 56.3 Å². The normalized spacial score (nSPS) is 11.5. The van der Waals surface area contributed by atoms with Crippen molar-refractivity contribution in [2.75, 3.05) is 4.90 Å². The van der Waals surface area contributed by atoms with Crippen LogP contribution in [0.2, 0.25) is 0 Å². The molecule has 10 rings (SSSR count). The Balaban J connectivity index is 1.00. The standard InChI is InChI=1S/C49H33N3/c1-3-12-34(13-4-1)36-26-30-40(31-27-36)51(39-14-5-2-6-15-39)41-32-28-37(29-33-41)35-22-24-38(25-23-35)49-50-46-20-11-19-45-43-17-8-7-16-42(43)44-18-9-10-21-47(44)52(49)48(45)46/h1-33H. The van der Waals surface area contributed by atoms with Gasteiger partial charge >= 0.3 is 0 Å². The van der Waals surface area contributed by atoms with Crippen LogP contribution < -0.4 is 4.90 Å². The van der Waals surface area contributed by atoms with Crippen LogP contribution in [0, 0.1) is 0 Å². The van der Waals surface area contributed by atoms with Crippen molar-refractivity contribution in [2.45, 2.75) is 0 Å².